The summed E-state index contributed by atoms with van der Waals surface area (Å²) < 4.78 is 5.68. The van der Waals surface area contributed by atoms with Crippen molar-refractivity contribution in [2.75, 3.05) is 13.7 Å². The Hall–Kier alpha value is -1.15. The zero-order chi connectivity index (χ0) is 18.9. The molecule has 0 N–H and O–H groups in total. The van der Waals surface area contributed by atoms with Gasteiger partial charge < -0.3 is 4.74 Å². The second kappa shape index (κ2) is 10.8. The highest BCUT2D eigenvalue weighted by Gasteiger charge is 2.34. The fourth-order valence-electron chi connectivity index (χ4n) is 4.37. The summed E-state index contributed by atoms with van der Waals surface area (Å²) in [6.07, 6.45) is 12.6. The molecule has 0 heterocycles. The minimum atomic E-state index is 0.216. The number of hydrogen-bond donors (Lipinski definition) is 0. The molecule has 0 saturated heterocycles. The monoisotopic (exact) mass is 345 g/mol. The van der Waals surface area contributed by atoms with Crippen LogP contribution < -0.4 is 0 Å². The Morgan fingerprint density at radius 3 is 2.28 bits per heavy atom. The van der Waals surface area contributed by atoms with Gasteiger partial charge >= 0.3 is 0 Å². The van der Waals surface area contributed by atoms with Gasteiger partial charge in [-0.05, 0) is 58.4 Å². The van der Waals surface area contributed by atoms with Crippen LogP contribution in [0.2, 0.25) is 0 Å². The molecule has 0 unspecified atom stereocenters. The van der Waals surface area contributed by atoms with Crippen molar-refractivity contribution in [1.82, 2.24) is 0 Å². The van der Waals surface area contributed by atoms with Gasteiger partial charge in [0.1, 0.15) is 0 Å². The van der Waals surface area contributed by atoms with E-state index in [2.05, 4.69) is 53.7 Å². The molecule has 142 valence electrons. The van der Waals surface area contributed by atoms with Crippen molar-refractivity contribution in [2.45, 2.75) is 86.5 Å². The predicted molar refractivity (Wildman–Crippen MR) is 111 cm³/mol. The van der Waals surface area contributed by atoms with Gasteiger partial charge in [-0.15, -0.1) is 0 Å². The molecule has 0 aromatic rings. The molecule has 0 amide bonds. The largest absolute Gasteiger partial charge is 0.384 e. The van der Waals surface area contributed by atoms with E-state index < -0.39 is 0 Å². The molecule has 0 bridgehead atoms. The van der Waals surface area contributed by atoms with Gasteiger partial charge in [0.2, 0.25) is 0 Å². The number of ether oxygens (including phenoxy) is 1. The molecule has 0 aliphatic heterocycles. The van der Waals surface area contributed by atoms with Crippen molar-refractivity contribution < 1.29 is 4.74 Å². The summed E-state index contributed by atoms with van der Waals surface area (Å²) in [5.74, 6) is 0. The lowest BCUT2D eigenvalue weighted by Gasteiger charge is -2.38. The first-order valence-corrected chi connectivity index (χ1v) is 10.1. The van der Waals surface area contributed by atoms with Crippen LogP contribution in [-0.2, 0) is 4.74 Å². The van der Waals surface area contributed by atoms with E-state index in [1.807, 2.05) is 7.11 Å². The predicted octanol–water partition coefficient (Wildman–Crippen LogP) is 7.03. The number of allylic oxidation sites excluding steroid dienone is 5. The molecule has 0 aromatic carbocycles. The average Bonchev–Trinajstić information content (AvgIpc) is 2.59. The third kappa shape index (κ3) is 5.67. The van der Waals surface area contributed by atoms with E-state index in [1.165, 1.54) is 48.2 Å². The van der Waals surface area contributed by atoms with E-state index in [9.17, 15) is 0 Å². The maximum Gasteiger partial charge on any atom is 0.0556 e. The lowest BCUT2D eigenvalue weighted by atomic mass is 9.68. The van der Waals surface area contributed by atoms with Crippen LogP contribution in [0.1, 0.15) is 86.5 Å². The van der Waals surface area contributed by atoms with Gasteiger partial charge in [0.15, 0.2) is 0 Å². The lowest BCUT2D eigenvalue weighted by molar-refractivity contribution is 0.0863. The van der Waals surface area contributed by atoms with Crippen LogP contribution in [0.15, 0.2) is 39.6 Å². The van der Waals surface area contributed by atoms with E-state index in [4.69, 9.17) is 9.73 Å². The molecule has 0 radical (unpaired) electrons. The van der Waals surface area contributed by atoms with Crippen molar-refractivity contribution in [3.05, 3.63) is 34.6 Å². The van der Waals surface area contributed by atoms with Crippen LogP contribution in [0, 0.1) is 5.41 Å². The fraction of sp³-hybridized carbons (Fsp3) is 0.696. The summed E-state index contributed by atoms with van der Waals surface area (Å²) in [6, 6.07) is 0. The smallest absolute Gasteiger partial charge is 0.0556 e. The topological polar surface area (TPSA) is 21.6 Å². The first-order chi connectivity index (χ1) is 12.0. The molecule has 0 saturated carbocycles. The summed E-state index contributed by atoms with van der Waals surface area (Å²) in [5, 5.41) is 0. The highest BCUT2D eigenvalue weighted by atomic mass is 16.5. The highest BCUT2D eigenvalue weighted by molar-refractivity contribution is 5.99. The van der Waals surface area contributed by atoms with E-state index >= 15 is 0 Å². The number of rotatable bonds is 10. The minimum absolute atomic E-state index is 0.216. The Morgan fingerprint density at radius 1 is 1.20 bits per heavy atom. The van der Waals surface area contributed by atoms with Crippen LogP contribution in [-0.4, -0.2) is 19.4 Å². The normalized spacial score (nSPS) is 17.2. The summed E-state index contributed by atoms with van der Waals surface area (Å²) in [5.41, 5.74) is 7.03. The maximum atomic E-state index is 5.68. The molecule has 0 fully saturated rings. The molecule has 0 spiro atoms. The zero-order valence-electron chi connectivity index (χ0n) is 17.7. The Morgan fingerprint density at radius 2 is 1.84 bits per heavy atom. The number of hydrogen-bond acceptors (Lipinski definition) is 2. The fourth-order valence-corrected chi connectivity index (χ4v) is 4.37. The number of methoxy groups -OCH3 is 1. The summed E-state index contributed by atoms with van der Waals surface area (Å²) in [4.78, 5) is 4.83. The molecular weight excluding hydrogens is 306 g/mol. The Labute approximate surface area is 156 Å². The van der Waals surface area contributed by atoms with Crippen molar-refractivity contribution in [1.29, 1.82) is 0 Å². The van der Waals surface area contributed by atoms with E-state index in [-0.39, 0.29) is 5.41 Å². The maximum absolute atomic E-state index is 5.68. The van der Waals surface area contributed by atoms with Crippen LogP contribution in [0.5, 0.6) is 0 Å². The van der Waals surface area contributed by atoms with Crippen LogP contribution >= 0.6 is 0 Å². The van der Waals surface area contributed by atoms with Crippen LogP contribution in [0.4, 0.5) is 0 Å². The van der Waals surface area contributed by atoms with Crippen molar-refractivity contribution in [3.8, 4) is 0 Å². The summed E-state index contributed by atoms with van der Waals surface area (Å²) >= 11 is 0. The van der Waals surface area contributed by atoms with Crippen LogP contribution in [0.3, 0.4) is 0 Å². The summed E-state index contributed by atoms with van der Waals surface area (Å²) in [6.45, 7) is 14.1. The quantitative estimate of drug-likeness (QED) is 0.389. The highest BCUT2D eigenvalue weighted by Crippen LogP contribution is 2.44. The molecule has 2 heteroatoms. The Balaban J connectivity index is 3.23. The Kier molecular flexibility index (Phi) is 9.42. The number of nitrogens with zero attached hydrogens (tertiary/aromatic N) is 1. The zero-order valence-corrected chi connectivity index (χ0v) is 17.7. The SMILES string of the molecule is C/C=C(/CC)N=C(C)C1=CC(C)=C(C(CCC)(CCC)COC)CC1. The molecule has 0 atom stereocenters. The standard InChI is InChI=1S/C23H39NO/c1-8-14-23(15-9-2,17-25-7)22-13-12-20(16-18(22)5)19(6)24-21(10-3)11-4/h10,16H,8-9,11-15,17H2,1-7H3/b21-10-,24-19?. The third-order valence-corrected chi connectivity index (χ3v) is 5.50. The molecule has 1 rings (SSSR count). The third-order valence-electron chi connectivity index (χ3n) is 5.50. The van der Waals surface area contributed by atoms with Gasteiger partial charge in [0, 0.05) is 23.9 Å². The van der Waals surface area contributed by atoms with Gasteiger partial charge in [-0.25, -0.2) is 0 Å². The van der Waals surface area contributed by atoms with E-state index in [1.54, 1.807) is 5.57 Å². The molecule has 2 nitrogen and oxygen atoms in total. The molecule has 1 aliphatic carbocycles. The first kappa shape index (κ1) is 21.9. The van der Waals surface area contributed by atoms with Gasteiger partial charge in [0.25, 0.3) is 0 Å². The van der Waals surface area contributed by atoms with Gasteiger partial charge in [0.05, 0.1) is 6.61 Å². The van der Waals surface area contributed by atoms with Gasteiger partial charge in [-0.3, -0.25) is 4.99 Å². The minimum Gasteiger partial charge on any atom is -0.384 e. The van der Waals surface area contributed by atoms with Crippen molar-refractivity contribution >= 4 is 5.71 Å². The molecular formula is C23H39NO. The van der Waals surface area contributed by atoms with Gasteiger partial charge in [-0.1, -0.05) is 56.9 Å². The van der Waals surface area contributed by atoms with Crippen molar-refractivity contribution in [2.24, 2.45) is 10.4 Å². The average molecular weight is 346 g/mol. The number of aliphatic imine (C=N–C) groups is 1. The first-order valence-electron chi connectivity index (χ1n) is 10.1. The Bertz CT molecular complexity index is 531. The van der Waals surface area contributed by atoms with E-state index in [0.29, 0.717) is 0 Å². The van der Waals surface area contributed by atoms with Gasteiger partial charge in [-0.2, -0.15) is 0 Å². The molecule has 1 aliphatic rings. The molecule has 25 heavy (non-hydrogen) atoms. The van der Waals surface area contributed by atoms with Crippen LogP contribution in [0.25, 0.3) is 0 Å². The summed E-state index contributed by atoms with van der Waals surface area (Å²) in [7, 11) is 1.85. The molecule has 0 aromatic heterocycles. The van der Waals surface area contributed by atoms with E-state index in [0.717, 1.165) is 25.9 Å². The van der Waals surface area contributed by atoms with Crippen molar-refractivity contribution in [3.63, 3.8) is 0 Å². The second-order valence-corrected chi connectivity index (χ2v) is 7.38. The lowest BCUT2D eigenvalue weighted by Crippen LogP contribution is -2.31. The second-order valence-electron chi connectivity index (χ2n) is 7.38.